The molecular formula is C19H22N6OS. The molecule has 0 bridgehead atoms. The van der Waals surface area contributed by atoms with Crippen LogP contribution in [0.4, 0.5) is 5.13 Å². The number of nitrogens with one attached hydrogen (secondary N) is 1. The third-order valence-electron chi connectivity index (χ3n) is 5.41. The number of aryl methyl sites for hydroxylation is 1. The van der Waals surface area contributed by atoms with Crippen LogP contribution in [0.3, 0.4) is 0 Å². The Labute approximate surface area is 161 Å². The van der Waals surface area contributed by atoms with Crippen molar-refractivity contribution in [3.05, 3.63) is 35.9 Å². The van der Waals surface area contributed by atoms with Gasteiger partial charge in [0, 0.05) is 19.0 Å². The lowest BCUT2D eigenvalue weighted by Crippen LogP contribution is -2.06. The van der Waals surface area contributed by atoms with Crippen LogP contribution in [0.15, 0.2) is 24.4 Å². The van der Waals surface area contributed by atoms with Crippen molar-refractivity contribution in [1.29, 1.82) is 0 Å². The average Bonchev–Trinajstić information content (AvgIpc) is 3.43. The van der Waals surface area contributed by atoms with E-state index in [4.69, 9.17) is 14.7 Å². The fourth-order valence-electron chi connectivity index (χ4n) is 3.88. The predicted octanol–water partition coefficient (Wildman–Crippen LogP) is 3.96. The summed E-state index contributed by atoms with van der Waals surface area (Å²) in [4.78, 5) is 10.5. The minimum absolute atomic E-state index is 0.611. The van der Waals surface area contributed by atoms with Gasteiger partial charge in [-0.1, -0.05) is 24.2 Å². The molecule has 0 saturated heterocycles. The summed E-state index contributed by atoms with van der Waals surface area (Å²) >= 11 is 1.59. The van der Waals surface area contributed by atoms with E-state index in [9.17, 15) is 0 Å². The molecule has 1 aliphatic rings. The Balaban J connectivity index is 1.34. The average molecular weight is 382 g/mol. The summed E-state index contributed by atoms with van der Waals surface area (Å²) in [5.41, 5.74) is 3.22. The van der Waals surface area contributed by atoms with Crippen LogP contribution in [0, 0.1) is 0 Å². The Kier molecular flexibility index (Phi) is 4.00. The molecule has 0 unspecified atom stereocenters. The Morgan fingerprint density at radius 3 is 2.89 bits per heavy atom. The van der Waals surface area contributed by atoms with Crippen LogP contribution in [0.25, 0.3) is 16.0 Å². The highest BCUT2D eigenvalue weighted by Gasteiger charge is 2.21. The second-order valence-electron chi connectivity index (χ2n) is 7.08. The van der Waals surface area contributed by atoms with Crippen molar-refractivity contribution in [2.75, 3.05) is 12.4 Å². The maximum atomic E-state index is 5.29. The Hall–Kier alpha value is -2.61. The fourth-order valence-corrected chi connectivity index (χ4v) is 4.66. The van der Waals surface area contributed by atoms with Gasteiger partial charge >= 0.3 is 0 Å². The summed E-state index contributed by atoms with van der Waals surface area (Å²) in [6.07, 6.45) is 7.25. The van der Waals surface area contributed by atoms with Crippen molar-refractivity contribution in [2.45, 2.75) is 38.1 Å². The molecule has 3 aromatic heterocycles. The molecule has 3 heterocycles. The highest BCUT2D eigenvalue weighted by atomic mass is 32.1. The van der Waals surface area contributed by atoms with E-state index in [0.29, 0.717) is 12.5 Å². The normalized spacial score (nSPS) is 15.2. The van der Waals surface area contributed by atoms with Crippen LogP contribution in [0.1, 0.15) is 43.1 Å². The first-order chi connectivity index (χ1) is 13.2. The predicted molar refractivity (Wildman–Crippen MR) is 107 cm³/mol. The molecule has 0 amide bonds. The van der Waals surface area contributed by atoms with Gasteiger partial charge in [0.2, 0.25) is 10.1 Å². The Bertz CT molecular complexity index is 1070. The standard InChI is InChI=1S/C19H22N6OS/c1-24-16-8-7-13(26-2)9-14(16)21-17(24)10-20-18-23-25-11-15(22-19(25)27-18)12-5-3-4-6-12/h7-9,11-12H,3-6,10H2,1-2H3,(H,20,23). The SMILES string of the molecule is COc1ccc2c(c1)nc(CNc1nn3cc(C4CCCC4)nc3s1)n2C. The van der Waals surface area contributed by atoms with Gasteiger partial charge in [0.05, 0.1) is 36.6 Å². The van der Waals surface area contributed by atoms with Gasteiger partial charge in [-0.2, -0.15) is 0 Å². The van der Waals surface area contributed by atoms with Gasteiger partial charge in [-0.25, -0.2) is 14.5 Å². The van der Waals surface area contributed by atoms with Gasteiger partial charge in [-0.05, 0) is 25.0 Å². The largest absolute Gasteiger partial charge is 0.497 e. The molecule has 1 saturated carbocycles. The van der Waals surface area contributed by atoms with E-state index in [-0.39, 0.29) is 0 Å². The molecular weight excluding hydrogens is 360 g/mol. The monoisotopic (exact) mass is 382 g/mol. The minimum atomic E-state index is 0.611. The van der Waals surface area contributed by atoms with Crippen molar-refractivity contribution in [1.82, 2.24) is 24.1 Å². The lowest BCUT2D eigenvalue weighted by molar-refractivity contribution is 0.415. The Morgan fingerprint density at radius 2 is 2.11 bits per heavy atom. The summed E-state index contributed by atoms with van der Waals surface area (Å²) in [6, 6.07) is 5.95. The van der Waals surface area contributed by atoms with E-state index < -0.39 is 0 Å². The van der Waals surface area contributed by atoms with E-state index >= 15 is 0 Å². The summed E-state index contributed by atoms with van der Waals surface area (Å²) in [7, 11) is 3.70. The van der Waals surface area contributed by atoms with Crippen molar-refractivity contribution in [3.8, 4) is 5.75 Å². The quantitative estimate of drug-likeness (QED) is 0.566. The van der Waals surface area contributed by atoms with E-state index in [1.807, 2.05) is 29.8 Å². The van der Waals surface area contributed by atoms with Crippen molar-refractivity contribution >= 4 is 32.5 Å². The zero-order valence-electron chi connectivity index (χ0n) is 15.5. The van der Waals surface area contributed by atoms with Crippen LogP contribution in [0.5, 0.6) is 5.75 Å². The molecule has 0 atom stereocenters. The number of hydrogen-bond donors (Lipinski definition) is 1. The van der Waals surface area contributed by atoms with Crippen LogP contribution < -0.4 is 10.1 Å². The highest BCUT2D eigenvalue weighted by Crippen LogP contribution is 2.34. The van der Waals surface area contributed by atoms with Crippen LogP contribution in [-0.2, 0) is 13.6 Å². The van der Waals surface area contributed by atoms with E-state index in [2.05, 4.69) is 21.2 Å². The highest BCUT2D eigenvalue weighted by molar-refractivity contribution is 7.20. The maximum absolute atomic E-state index is 5.29. The summed E-state index contributed by atoms with van der Waals surface area (Å²) < 4.78 is 9.29. The molecule has 0 aliphatic heterocycles. The van der Waals surface area contributed by atoms with Gasteiger partial charge in [-0.3, -0.25) is 0 Å². The topological polar surface area (TPSA) is 69.3 Å². The molecule has 1 aliphatic carbocycles. The summed E-state index contributed by atoms with van der Waals surface area (Å²) in [6.45, 7) is 0.611. The molecule has 1 N–H and O–H groups in total. The lowest BCUT2D eigenvalue weighted by Gasteiger charge is -2.04. The van der Waals surface area contributed by atoms with Gasteiger partial charge in [0.25, 0.3) is 0 Å². The van der Waals surface area contributed by atoms with Crippen molar-refractivity contribution in [2.24, 2.45) is 7.05 Å². The van der Waals surface area contributed by atoms with Crippen LogP contribution in [-0.4, -0.2) is 31.3 Å². The number of methoxy groups -OCH3 is 1. The van der Waals surface area contributed by atoms with Crippen molar-refractivity contribution in [3.63, 3.8) is 0 Å². The van der Waals surface area contributed by atoms with Crippen molar-refractivity contribution < 1.29 is 4.74 Å². The molecule has 1 fully saturated rings. The first kappa shape index (κ1) is 16.6. The minimum Gasteiger partial charge on any atom is -0.497 e. The fraction of sp³-hybridized carbons (Fsp3) is 0.421. The molecule has 8 heteroatoms. The van der Waals surface area contributed by atoms with Gasteiger partial charge in [-0.15, -0.1) is 5.10 Å². The molecule has 1 aromatic carbocycles. The summed E-state index contributed by atoms with van der Waals surface area (Å²) in [5, 5.41) is 8.88. The molecule has 7 nitrogen and oxygen atoms in total. The molecule has 0 spiro atoms. The molecule has 0 radical (unpaired) electrons. The van der Waals surface area contributed by atoms with Gasteiger partial charge in [0.1, 0.15) is 11.6 Å². The van der Waals surface area contributed by atoms with Gasteiger partial charge in [0.15, 0.2) is 0 Å². The van der Waals surface area contributed by atoms with Crippen LogP contribution in [0.2, 0.25) is 0 Å². The second kappa shape index (κ2) is 6.53. The molecule has 140 valence electrons. The molecule has 27 heavy (non-hydrogen) atoms. The maximum Gasteiger partial charge on any atom is 0.214 e. The third kappa shape index (κ3) is 2.93. The van der Waals surface area contributed by atoms with Gasteiger partial charge < -0.3 is 14.6 Å². The Morgan fingerprint density at radius 1 is 1.26 bits per heavy atom. The molecule has 5 rings (SSSR count). The number of aromatic nitrogens is 5. The number of hydrogen-bond acceptors (Lipinski definition) is 6. The lowest BCUT2D eigenvalue weighted by atomic mass is 10.1. The van der Waals surface area contributed by atoms with Crippen LogP contribution >= 0.6 is 11.3 Å². The first-order valence-electron chi connectivity index (χ1n) is 9.30. The molecule has 4 aromatic rings. The number of imidazole rings is 2. The first-order valence-corrected chi connectivity index (χ1v) is 10.1. The number of rotatable bonds is 5. The smallest absolute Gasteiger partial charge is 0.214 e. The number of benzene rings is 1. The number of ether oxygens (including phenoxy) is 1. The third-order valence-corrected chi connectivity index (χ3v) is 6.29. The van der Waals surface area contributed by atoms with E-state index in [0.717, 1.165) is 32.7 Å². The summed E-state index contributed by atoms with van der Waals surface area (Å²) in [5.74, 6) is 2.39. The number of fused-ring (bicyclic) bond motifs is 2. The second-order valence-corrected chi connectivity index (χ2v) is 8.03. The number of anilines is 1. The zero-order chi connectivity index (χ0) is 18.4. The van der Waals surface area contributed by atoms with E-state index in [1.165, 1.54) is 31.4 Å². The zero-order valence-corrected chi connectivity index (χ0v) is 16.3. The van der Waals surface area contributed by atoms with E-state index in [1.54, 1.807) is 18.4 Å². The number of nitrogens with zero attached hydrogens (tertiary/aromatic N) is 5.